The quantitative estimate of drug-likeness (QED) is 0.0204. The van der Waals surface area contributed by atoms with Crippen molar-refractivity contribution in [3.63, 3.8) is 0 Å². The number of nitrogens with one attached hydrogen (secondary N) is 1. The molecule has 0 atom stereocenters. The molecule has 0 bridgehead atoms. The molecule has 340 valence electrons. The van der Waals surface area contributed by atoms with Crippen LogP contribution in [0.3, 0.4) is 0 Å². The molecule has 0 aliphatic heterocycles. The molecule has 0 radical (unpaired) electrons. The van der Waals surface area contributed by atoms with E-state index in [0.29, 0.717) is 33.2 Å². The average molecular weight is 829 g/mol. The zero-order valence-corrected chi connectivity index (χ0v) is 35.7. The van der Waals surface area contributed by atoms with E-state index in [2.05, 4.69) is 49.1 Å². The summed E-state index contributed by atoms with van der Waals surface area (Å²) in [6, 6.07) is 0. The molecule has 0 saturated heterocycles. The van der Waals surface area contributed by atoms with Gasteiger partial charge >= 0.3 is 0 Å². The largest absolute Gasteiger partial charge is 0.498 e. The third-order valence-electron chi connectivity index (χ3n) is 8.18. The van der Waals surface area contributed by atoms with Crippen molar-refractivity contribution in [2.45, 2.75) is 142 Å². The Labute approximate surface area is 343 Å². The van der Waals surface area contributed by atoms with E-state index >= 15 is 0 Å². The second-order valence-electron chi connectivity index (χ2n) is 13.4. The Kier molecular flexibility index (Phi) is 50.5. The van der Waals surface area contributed by atoms with Crippen molar-refractivity contribution in [1.82, 2.24) is 10.2 Å². The third kappa shape index (κ3) is 52.1. The fourth-order valence-electron chi connectivity index (χ4n) is 5.02. The Hall–Kier alpha value is -1.84. The summed E-state index contributed by atoms with van der Waals surface area (Å²) in [6.45, 7) is 8.85. The predicted octanol–water partition coefficient (Wildman–Crippen LogP) is 8.82. The highest BCUT2D eigenvalue weighted by Crippen LogP contribution is 2.11. The van der Waals surface area contributed by atoms with Crippen LogP contribution in [0.2, 0.25) is 0 Å². The predicted molar refractivity (Wildman–Crippen MR) is 212 cm³/mol. The van der Waals surface area contributed by atoms with E-state index < -0.39 is 0 Å². The molecule has 0 aliphatic carbocycles. The Morgan fingerprint density at radius 3 is 1.35 bits per heavy atom. The Balaban J connectivity index is 3.20. The third-order valence-corrected chi connectivity index (χ3v) is 8.18. The highest BCUT2D eigenvalue weighted by atomic mass is 17.7. The van der Waals surface area contributed by atoms with Crippen LogP contribution in [0, 0.1) is 0 Å². The molecule has 0 aliphatic rings. The second-order valence-corrected chi connectivity index (χ2v) is 13.4. The molecule has 0 unspecified atom stereocenters. The van der Waals surface area contributed by atoms with Crippen LogP contribution in [-0.4, -0.2) is 98.5 Å². The SMILES string of the molecule is CCCCCCCCCCCCOC=COOOOCCOCOCNCCN(C)COCOCOCCOOOOC=COCCCCCCCCCCCC. The van der Waals surface area contributed by atoms with Crippen molar-refractivity contribution in [1.29, 1.82) is 0 Å². The topological polar surface area (TPSA) is 154 Å². The molecule has 1 N–H and O–H groups in total. The van der Waals surface area contributed by atoms with Gasteiger partial charge in [0, 0.05) is 23.2 Å². The first-order chi connectivity index (χ1) is 28.3. The van der Waals surface area contributed by atoms with Gasteiger partial charge in [0.05, 0.1) is 33.2 Å². The van der Waals surface area contributed by atoms with Gasteiger partial charge in [-0.15, -0.1) is 0 Å². The first-order valence-corrected chi connectivity index (χ1v) is 21.4. The molecule has 0 rings (SSSR count). The molecular formula is C40H80N2O15. The Morgan fingerprint density at radius 2 is 0.860 bits per heavy atom. The maximum absolute atomic E-state index is 5.44. The highest BCUT2D eigenvalue weighted by Gasteiger charge is 2.00. The second kappa shape index (κ2) is 52.2. The van der Waals surface area contributed by atoms with Crippen molar-refractivity contribution in [3.05, 3.63) is 25.0 Å². The van der Waals surface area contributed by atoms with Crippen LogP contribution < -0.4 is 5.32 Å². The molecule has 0 aromatic rings. The molecular weight excluding hydrogens is 748 g/mol. The summed E-state index contributed by atoms with van der Waals surface area (Å²) < 4.78 is 37.2. The molecule has 57 heavy (non-hydrogen) atoms. The van der Waals surface area contributed by atoms with E-state index in [-0.39, 0.29) is 46.8 Å². The monoisotopic (exact) mass is 829 g/mol. The van der Waals surface area contributed by atoms with Gasteiger partial charge in [0.1, 0.15) is 46.1 Å². The molecule has 0 amide bonds. The van der Waals surface area contributed by atoms with E-state index in [4.69, 9.17) is 42.9 Å². The number of hydrogen-bond acceptors (Lipinski definition) is 17. The van der Waals surface area contributed by atoms with Gasteiger partial charge in [0.15, 0.2) is 19.3 Å². The maximum atomic E-state index is 5.44. The number of rotatable bonds is 51. The Bertz CT molecular complexity index is 789. The van der Waals surface area contributed by atoms with Gasteiger partial charge in [-0.25, -0.2) is 9.78 Å². The molecule has 17 nitrogen and oxygen atoms in total. The van der Waals surface area contributed by atoms with Crippen LogP contribution in [0.1, 0.15) is 142 Å². The molecule has 0 aromatic heterocycles. The highest BCUT2D eigenvalue weighted by molar-refractivity contribution is 4.59. The summed E-state index contributed by atoms with van der Waals surface area (Å²) in [5, 5.41) is 20.8. The van der Waals surface area contributed by atoms with Crippen molar-refractivity contribution in [3.8, 4) is 0 Å². The summed E-state index contributed by atoms with van der Waals surface area (Å²) in [5.41, 5.74) is 0. The lowest BCUT2D eigenvalue weighted by Crippen LogP contribution is -2.32. The smallest absolute Gasteiger partial charge is 0.167 e. The standard InChI is InChI=1S/C40H80N2O15/c1-4-6-8-10-12-14-16-18-20-22-26-43-28-32-50-54-56-52-34-30-45-38-47-36-41-24-25-42(3)37-48-40-49-39-46-31-35-53-57-55-51-33-29-44-27-23-21-19-17-15-13-11-9-7-5-2/h28-29,32-33,41H,4-27,30-31,34-40H2,1-3H3. The lowest BCUT2D eigenvalue weighted by atomic mass is 10.1. The minimum Gasteiger partial charge on any atom is -0.498 e. The van der Waals surface area contributed by atoms with Gasteiger partial charge in [-0.2, -0.15) is 0 Å². The summed E-state index contributed by atoms with van der Waals surface area (Å²) in [7, 11) is 1.92. The van der Waals surface area contributed by atoms with E-state index in [1.54, 1.807) is 0 Å². The summed E-state index contributed by atoms with van der Waals surface area (Å²) >= 11 is 0. The normalized spacial score (nSPS) is 11.8. The van der Waals surface area contributed by atoms with Gasteiger partial charge < -0.3 is 42.9 Å². The summed E-state index contributed by atoms with van der Waals surface area (Å²) in [4.78, 5) is 20.8. The molecule has 0 heterocycles. The van der Waals surface area contributed by atoms with Crippen LogP contribution >= 0.6 is 0 Å². The zero-order valence-electron chi connectivity index (χ0n) is 35.7. The Morgan fingerprint density at radius 1 is 0.421 bits per heavy atom. The molecule has 17 heteroatoms. The van der Waals surface area contributed by atoms with Crippen molar-refractivity contribution >= 4 is 0 Å². The number of likely N-dealkylation sites (N-methyl/N-ethyl adjacent to an activating group) is 1. The van der Waals surface area contributed by atoms with Gasteiger partial charge in [-0.1, -0.05) is 129 Å². The number of ether oxygens (including phenoxy) is 7. The zero-order chi connectivity index (χ0) is 41.1. The number of nitrogens with zero attached hydrogens (tertiary/aromatic N) is 1. The number of unbranched alkanes of at least 4 members (excludes halogenated alkanes) is 18. The average Bonchev–Trinajstić information content (AvgIpc) is 3.22. The lowest BCUT2D eigenvalue weighted by molar-refractivity contribution is -0.622. The van der Waals surface area contributed by atoms with Crippen LogP contribution in [0.15, 0.2) is 25.0 Å². The van der Waals surface area contributed by atoms with E-state index in [1.165, 1.54) is 141 Å². The van der Waals surface area contributed by atoms with E-state index in [9.17, 15) is 0 Å². The summed E-state index contributed by atoms with van der Waals surface area (Å²) in [6.07, 6.45) is 31.0. The molecule has 0 saturated carbocycles. The van der Waals surface area contributed by atoms with Crippen LogP contribution in [0.25, 0.3) is 0 Å². The van der Waals surface area contributed by atoms with E-state index in [0.717, 1.165) is 19.4 Å². The molecule has 0 spiro atoms. The molecule has 0 fully saturated rings. The summed E-state index contributed by atoms with van der Waals surface area (Å²) in [5.74, 6) is 0. The first kappa shape index (κ1) is 55.2. The van der Waals surface area contributed by atoms with Gasteiger partial charge in [0.25, 0.3) is 0 Å². The van der Waals surface area contributed by atoms with Gasteiger partial charge in [0.2, 0.25) is 0 Å². The van der Waals surface area contributed by atoms with Crippen LogP contribution in [0.4, 0.5) is 0 Å². The number of hydrogen-bond donors (Lipinski definition) is 1. The van der Waals surface area contributed by atoms with Crippen molar-refractivity contribution in [2.24, 2.45) is 0 Å². The van der Waals surface area contributed by atoms with Crippen LogP contribution in [-0.2, 0) is 72.9 Å². The van der Waals surface area contributed by atoms with Crippen LogP contribution in [0.5, 0.6) is 0 Å². The first-order valence-electron chi connectivity index (χ1n) is 21.4. The van der Waals surface area contributed by atoms with Gasteiger partial charge in [-0.3, -0.25) is 10.2 Å². The molecule has 0 aromatic carbocycles. The fraction of sp³-hybridized carbons (Fsp3) is 0.900. The van der Waals surface area contributed by atoms with Crippen molar-refractivity contribution < 1.29 is 72.9 Å². The fourth-order valence-corrected chi connectivity index (χ4v) is 5.02. The van der Waals surface area contributed by atoms with Crippen molar-refractivity contribution in [2.75, 3.05) is 93.6 Å². The lowest BCUT2D eigenvalue weighted by Gasteiger charge is -2.17. The minimum atomic E-state index is 0.0405. The minimum absolute atomic E-state index is 0.0405. The van der Waals surface area contributed by atoms with E-state index in [1.807, 2.05) is 11.9 Å². The van der Waals surface area contributed by atoms with Gasteiger partial charge in [-0.05, 0) is 30.0 Å². The maximum Gasteiger partial charge on any atom is 0.167 e.